The molecule has 2 rings (SSSR count). The van der Waals surface area contributed by atoms with E-state index in [4.69, 9.17) is 5.73 Å². The Bertz CT molecular complexity index is 406. The molecule has 1 fully saturated rings. The van der Waals surface area contributed by atoms with Crippen molar-refractivity contribution in [3.05, 3.63) is 34.9 Å². The van der Waals surface area contributed by atoms with Crippen molar-refractivity contribution in [2.45, 2.75) is 52.5 Å². The lowest BCUT2D eigenvalue weighted by molar-refractivity contribution is 0.339. The largest absolute Gasteiger partial charge is 0.321 e. The van der Waals surface area contributed by atoms with Gasteiger partial charge >= 0.3 is 0 Å². The fourth-order valence-corrected chi connectivity index (χ4v) is 3.11. The summed E-state index contributed by atoms with van der Waals surface area (Å²) >= 11 is 0. The van der Waals surface area contributed by atoms with E-state index in [-0.39, 0.29) is 5.54 Å². The summed E-state index contributed by atoms with van der Waals surface area (Å²) in [6.07, 6.45) is 3.45. The van der Waals surface area contributed by atoms with Gasteiger partial charge in [0.2, 0.25) is 0 Å². The van der Waals surface area contributed by atoms with E-state index >= 15 is 0 Å². The van der Waals surface area contributed by atoms with Crippen molar-refractivity contribution in [2.24, 2.45) is 11.1 Å². The van der Waals surface area contributed by atoms with E-state index in [0.29, 0.717) is 5.41 Å². The molecule has 0 saturated heterocycles. The number of aryl methyl sites for hydroxylation is 1. The smallest absolute Gasteiger partial charge is 0.0417 e. The van der Waals surface area contributed by atoms with Crippen LogP contribution in [0.3, 0.4) is 0 Å². The Balaban J connectivity index is 2.42. The summed E-state index contributed by atoms with van der Waals surface area (Å²) in [5.41, 5.74) is 11.0. The van der Waals surface area contributed by atoms with Crippen molar-refractivity contribution in [3.8, 4) is 0 Å². The Labute approximate surface area is 99.0 Å². The van der Waals surface area contributed by atoms with Gasteiger partial charge in [0.05, 0.1) is 0 Å². The minimum absolute atomic E-state index is 0.0976. The molecule has 0 aromatic heterocycles. The van der Waals surface area contributed by atoms with E-state index in [2.05, 4.69) is 45.9 Å². The number of nitrogens with two attached hydrogens (primary N) is 1. The molecular formula is C15H23N. The molecule has 1 aliphatic rings. The molecule has 1 atom stereocenters. The predicted molar refractivity (Wildman–Crippen MR) is 69.4 cm³/mol. The molecule has 1 aliphatic carbocycles. The Morgan fingerprint density at radius 3 is 2.38 bits per heavy atom. The summed E-state index contributed by atoms with van der Waals surface area (Å²) in [5, 5.41) is 0. The van der Waals surface area contributed by atoms with Gasteiger partial charge in [0, 0.05) is 5.54 Å². The summed E-state index contributed by atoms with van der Waals surface area (Å²) in [4.78, 5) is 0. The van der Waals surface area contributed by atoms with Gasteiger partial charge in [-0.1, -0.05) is 32.0 Å². The van der Waals surface area contributed by atoms with Crippen LogP contribution in [0.1, 0.15) is 49.8 Å². The maximum atomic E-state index is 6.63. The van der Waals surface area contributed by atoms with Crippen LogP contribution in [0.25, 0.3) is 0 Å². The highest BCUT2D eigenvalue weighted by Crippen LogP contribution is 2.48. The van der Waals surface area contributed by atoms with E-state index in [1.54, 1.807) is 0 Å². The first kappa shape index (κ1) is 11.7. The predicted octanol–water partition coefficient (Wildman–Crippen LogP) is 3.67. The molecule has 1 nitrogen and oxygen atoms in total. The zero-order valence-corrected chi connectivity index (χ0v) is 10.9. The number of hydrogen-bond acceptors (Lipinski definition) is 1. The second-order valence-corrected chi connectivity index (χ2v) is 6.24. The molecule has 88 valence electrons. The topological polar surface area (TPSA) is 26.0 Å². The summed E-state index contributed by atoms with van der Waals surface area (Å²) in [6.45, 7) is 9.02. The summed E-state index contributed by atoms with van der Waals surface area (Å²) < 4.78 is 0. The molecule has 0 aliphatic heterocycles. The van der Waals surface area contributed by atoms with Crippen LogP contribution >= 0.6 is 0 Å². The van der Waals surface area contributed by atoms with Gasteiger partial charge in [0.25, 0.3) is 0 Å². The van der Waals surface area contributed by atoms with Crippen LogP contribution in [0.2, 0.25) is 0 Å². The highest BCUT2D eigenvalue weighted by molar-refractivity contribution is 5.39. The van der Waals surface area contributed by atoms with Crippen molar-refractivity contribution < 1.29 is 0 Å². The van der Waals surface area contributed by atoms with Gasteiger partial charge in [-0.05, 0) is 55.2 Å². The monoisotopic (exact) mass is 217 g/mol. The first-order chi connectivity index (χ1) is 7.34. The minimum atomic E-state index is -0.0976. The number of hydrogen-bond donors (Lipinski definition) is 1. The quantitative estimate of drug-likeness (QED) is 0.763. The average molecular weight is 217 g/mol. The van der Waals surface area contributed by atoms with Gasteiger partial charge in [-0.3, -0.25) is 0 Å². The van der Waals surface area contributed by atoms with E-state index in [9.17, 15) is 0 Å². The van der Waals surface area contributed by atoms with Gasteiger partial charge in [-0.2, -0.15) is 0 Å². The van der Waals surface area contributed by atoms with Crippen LogP contribution in [0.15, 0.2) is 18.2 Å². The standard InChI is InChI=1S/C15H23N/c1-11-6-5-7-13(12(11)2)15(16)9-8-14(3,4)10-15/h5-7H,8-10,16H2,1-4H3. The van der Waals surface area contributed by atoms with Gasteiger partial charge in [0.15, 0.2) is 0 Å². The maximum absolute atomic E-state index is 6.63. The van der Waals surface area contributed by atoms with Crippen LogP contribution in [0.4, 0.5) is 0 Å². The lowest BCUT2D eigenvalue weighted by atomic mass is 9.81. The normalized spacial score (nSPS) is 28.3. The first-order valence-corrected chi connectivity index (χ1v) is 6.20. The first-order valence-electron chi connectivity index (χ1n) is 6.20. The van der Waals surface area contributed by atoms with Crippen LogP contribution in [0.5, 0.6) is 0 Å². The summed E-state index contributed by atoms with van der Waals surface area (Å²) in [5.74, 6) is 0. The number of rotatable bonds is 1. The molecule has 1 aromatic rings. The molecule has 1 saturated carbocycles. The molecule has 2 N–H and O–H groups in total. The molecule has 1 heteroatoms. The second-order valence-electron chi connectivity index (χ2n) is 6.24. The Morgan fingerprint density at radius 1 is 1.12 bits per heavy atom. The van der Waals surface area contributed by atoms with Gasteiger partial charge in [0.1, 0.15) is 0 Å². The highest BCUT2D eigenvalue weighted by Gasteiger charge is 2.42. The van der Waals surface area contributed by atoms with Crippen molar-refractivity contribution >= 4 is 0 Å². The third-order valence-electron chi connectivity index (χ3n) is 4.18. The zero-order chi connectivity index (χ0) is 12.0. The maximum Gasteiger partial charge on any atom is 0.0417 e. The van der Waals surface area contributed by atoms with E-state index in [1.807, 2.05) is 0 Å². The summed E-state index contributed by atoms with van der Waals surface area (Å²) in [7, 11) is 0. The highest BCUT2D eigenvalue weighted by atomic mass is 14.8. The van der Waals surface area contributed by atoms with Crippen molar-refractivity contribution in [2.75, 3.05) is 0 Å². The van der Waals surface area contributed by atoms with Gasteiger partial charge in [-0.25, -0.2) is 0 Å². The van der Waals surface area contributed by atoms with Crippen LogP contribution in [0, 0.1) is 19.3 Å². The molecule has 0 heterocycles. The van der Waals surface area contributed by atoms with E-state index in [0.717, 1.165) is 12.8 Å². The second kappa shape index (κ2) is 3.59. The lowest BCUT2D eigenvalue weighted by Crippen LogP contribution is -2.35. The third-order valence-corrected chi connectivity index (χ3v) is 4.18. The molecule has 0 bridgehead atoms. The third kappa shape index (κ3) is 1.89. The number of benzene rings is 1. The fraction of sp³-hybridized carbons (Fsp3) is 0.600. The molecule has 0 radical (unpaired) electrons. The van der Waals surface area contributed by atoms with E-state index < -0.39 is 0 Å². The van der Waals surface area contributed by atoms with Gasteiger partial charge in [-0.15, -0.1) is 0 Å². The van der Waals surface area contributed by atoms with Crippen molar-refractivity contribution in [1.82, 2.24) is 0 Å². The molecular weight excluding hydrogens is 194 g/mol. The van der Waals surface area contributed by atoms with Crippen LogP contribution in [-0.4, -0.2) is 0 Å². The van der Waals surface area contributed by atoms with Crippen molar-refractivity contribution in [1.29, 1.82) is 0 Å². The molecule has 0 spiro atoms. The van der Waals surface area contributed by atoms with E-state index in [1.165, 1.54) is 23.1 Å². The molecule has 1 unspecified atom stereocenters. The Hall–Kier alpha value is -0.820. The Kier molecular flexibility index (Phi) is 2.62. The zero-order valence-electron chi connectivity index (χ0n) is 10.9. The SMILES string of the molecule is Cc1cccc(C2(N)CCC(C)(C)C2)c1C. The van der Waals surface area contributed by atoms with Gasteiger partial charge < -0.3 is 5.73 Å². The van der Waals surface area contributed by atoms with Crippen molar-refractivity contribution in [3.63, 3.8) is 0 Å². The molecule has 16 heavy (non-hydrogen) atoms. The molecule has 1 aromatic carbocycles. The molecule has 0 amide bonds. The van der Waals surface area contributed by atoms with Crippen LogP contribution < -0.4 is 5.73 Å². The fourth-order valence-electron chi connectivity index (χ4n) is 3.11. The minimum Gasteiger partial charge on any atom is -0.321 e. The lowest BCUT2D eigenvalue weighted by Gasteiger charge is -2.29. The average Bonchev–Trinajstić information content (AvgIpc) is 2.46. The van der Waals surface area contributed by atoms with Crippen LogP contribution in [-0.2, 0) is 5.54 Å². The summed E-state index contributed by atoms with van der Waals surface area (Å²) in [6, 6.07) is 6.52. The Morgan fingerprint density at radius 2 is 1.81 bits per heavy atom.